The summed E-state index contributed by atoms with van der Waals surface area (Å²) >= 11 is 0.939. The number of amides is 2. The Bertz CT molecular complexity index is 813. The van der Waals surface area contributed by atoms with Crippen LogP contribution in [0.3, 0.4) is 0 Å². The number of carbonyl (C=O) groups is 2. The minimum absolute atomic E-state index is 0.321. The zero-order valence-electron chi connectivity index (χ0n) is 12.8. The number of rotatable bonds is 3. The van der Waals surface area contributed by atoms with E-state index in [1.165, 1.54) is 7.11 Å². The van der Waals surface area contributed by atoms with Crippen molar-refractivity contribution >= 4 is 34.7 Å². The van der Waals surface area contributed by atoms with Crippen LogP contribution in [-0.2, 0) is 4.79 Å². The number of anilines is 1. The van der Waals surface area contributed by atoms with Gasteiger partial charge in [0.2, 0.25) is 0 Å². The van der Waals surface area contributed by atoms with Gasteiger partial charge in [0.25, 0.3) is 11.1 Å². The van der Waals surface area contributed by atoms with Gasteiger partial charge in [-0.15, -0.1) is 0 Å². The van der Waals surface area contributed by atoms with Gasteiger partial charge in [-0.3, -0.25) is 9.59 Å². The maximum atomic E-state index is 12.6. The number of thioether (sulfide) groups is 1. The molecule has 0 unspecified atom stereocenters. The summed E-state index contributed by atoms with van der Waals surface area (Å²) in [5.74, 6) is 0.164. The van der Waals surface area contributed by atoms with Gasteiger partial charge in [0, 0.05) is 0 Å². The Morgan fingerprint density at radius 3 is 2.61 bits per heavy atom. The molecule has 4 nitrogen and oxygen atoms in total. The molecule has 0 aromatic heterocycles. The van der Waals surface area contributed by atoms with Crippen molar-refractivity contribution in [2.45, 2.75) is 6.92 Å². The highest BCUT2D eigenvalue weighted by Gasteiger charge is 2.37. The molecule has 1 fully saturated rings. The highest BCUT2D eigenvalue weighted by atomic mass is 32.2. The van der Waals surface area contributed by atoms with Crippen molar-refractivity contribution in [1.82, 2.24) is 0 Å². The van der Waals surface area contributed by atoms with Crippen LogP contribution in [0.5, 0.6) is 5.75 Å². The fourth-order valence-electron chi connectivity index (χ4n) is 2.40. The van der Waals surface area contributed by atoms with Gasteiger partial charge in [0.15, 0.2) is 0 Å². The molecule has 116 valence electrons. The zero-order chi connectivity index (χ0) is 16.4. The average molecular weight is 325 g/mol. The van der Waals surface area contributed by atoms with Gasteiger partial charge < -0.3 is 4.74 Å². The Kier molecular flexibility index (Phi) is 4.21. The lowest BCUT2D eigenvalue weighted by Crippen LogP contribution is -2.28. The van der Waals surface area contributed by atoms with Crippen LogP contribution in [0, 0.1) is 6.92 Å². The molecule has 1 aliphatic rings. The van der Waals surface area contributed by atoms with Gasteiger partial charge in [0.1, 0.15) is 5.75 Å². The molecule has 0 aliphatic carbocycles. The number of aryl methyl sites for hydroxylation is 1. The first-order chi connectivity index (χ1) is 11.1. The van der Waals surface area contributed by atoms with E-state index in [4.69, 9.17) is 4.74 Å². The average Bonchev–Trinajstić information content (AvgIpc) is 2.81. The molecule has 1 aliphatic heterocycles. The Balaban J connectivity index is 1.97. The fraction of sp³-hybridized carbons (Fsp3) is 0.111. The molecule has 2 aromatic carbocycles. The van der Waals surface area contributed by atoms with Crippen molar-refractivity contribution in [2.75, 3.05) is 12.0 Å². The van der Waals surface area contributed by atoms with E-state index >= 15 is 0 Å². The second kappa shape index (κ2) is 6.30. The van der Waals surface area contributed by atoms with Crippen LogP contribution < -0.4 is 9.64 Å². The maximum Gasteiger partial charge on any atom is 0.298 e. The lowest BCUT2D eigenvalue weighted by atomic mass is 10.1. The third-order valence-electron chi connectivity index (χ3n) is 3.46. The lowest BCUT2D eigenvalue weighted by molar-refractivity contribution is -0.113. The first-order valence-electron chi connectivity index (χ1n) is 7.08. The predicted octanol–water partition coefficient (Wildman–Crippen LogP) is 4.24. The molecule has 0 saturated carbocycles. The van der Waals surface area contributed by atoms with Crippen LogP contribution in [0.4, 0.5) is 10.5 Å². The third-order valence-corrected chi connectivity index (χ3v) is 4.33. The van der Waals surface area contributed by atoms with Gasteiger partial charge in [-0.25, -0.2) is 4.90 Å². The molecule has 5 heteroatoms. The van der Waals surface area contributed by atoms with E-state index in [-0.39, 0.29) is 11.1 Å². The van der Waals surface area contributed by atoms with E-state index in [0.717, 1.165) is 27.8 Å². The van der Waals surface area contributed by atoms with Gasteiger partial charge in [-0.1, -0.05) is 42.0 Å². The quantitative estimate of drug-likeness (QED) is 0.792. The predicted molar refractivity (Wildman–Crippen MR) is 92.6 cm³/mol. The van der Waals surface area contributed by atoms with Crippen LogP contribution in [0.1, 0.15) is 11.1 Å². The first kappa shape index (κ1) is 15.4. The number of ether oxygens (including phenoxy) is 1. The molecule has 2 aromatic rings. The van der Waals surface area contributed by atoms with E-state index in [0.29, 0.717) is 16.3 Å². The number of para-hydroxylation sites is 2. The van der Waals surface area contributed by atoms with E-state index in [9.17, 15) is 9.59 Å². The number of hydrogen-bond acceptors (Lipinski definition) is 4. The van der Waals surface area contributed by atoms with Crippen LogP contribution in [0.15, 0.2) is 53.4 Å². The van der Waals surface area contributed by atoms with Crippen molar-refractivity contribution in [3.8, 4) is 5.75 Å². The van der Waals surface area contributed by atoms with Gasteiger partial charge in [-0.05, 0) is 42.5 Å². The minimum Gasteiger partial charge on any atom is -0.495 e. The van der Waals surface area contributed by atoms with Crippen molar-refractivity contribution in [3.05, 3.63) is 64.6 Å². The Morgan fingerprint density at radius 1 is 1.09 bits per heavy atom. The SMILES string of the molecule is COc1ccccc1N1C(=O)S/C(=C\c2cccc(C)c2)C1=O. The normalized spacial score (nSPS) is 16.3. The van der Waals surface area contributed by atoms with Crippen LogP contribution in [0.2, 0.25) is 0 Å². The Labute approximate surface area is 138 Å². The number of imide groups is 1. The van der Waals surface area contributed by atoms with Crippen molar-refractivity contribution in [3.63, 3.8) is 0 Å². The Morgan fingerprint density at radius 2 is 1.87 bits per heavy atom. The molecular weight excluding hydrogens is 310 g/mol. The minimum atomic E-state index is -0.328. The molecular formula is C18H15NO3S. The van der Waals surface area contributed by atoms with Crippen LogP contribution in [0.25, 0.3) is 6.08 Å². The molecule has 0 N–H and O–H groups in total. The molecule has 2 amide bonds. The zero-order valence-corrected chi connectivity index (χ0v) is 13.6. The molecule has 0 atom stereocenters. The first-order valence-corrected chi connectivity index (χ1v) is 7.89. The van der Waals surface area contributed by atoms with E-state index in [1.54, 1.807) is 30.3 Å². The molecule has 1 saturated heterocycles. The summed E-state index contributed by atoms with van der Waals surface area (Å²) in [5, 5.41) is -0.321. The van der Waals surface area contributed by atoms with Crippen molar-refractivity contribution in [1.29, 1.82) is 0 Å². The number of carbonyl (C=O) groups excluding carboxylic acids is 2. The third kappa shape index (κ3) is 3.00. The molecule has 3 rings (SSSR count). The molecule has 0 spiro atoms. The molecule has 0 bridgehead atoms. The van der Waals surface area contributed by atoms with E-state index < -0.39 is 0 Å². The van der Waals surface area contributed by atoms with Gasteiger partial charge in [-0.2, -0.15) is 0 Å². The van der Waals surface area contributed by atoms with E-state index in [2.05, 4.69) is 0 Å². The maximum absolute atomic E-state index is 12.6. The monoisotopic (exact) mass is 325 g/mol. The second-order valence-corrected chi connectivity index (χ2v) is 6.10. The van der Waals surface area contributed by atoms with Crippen LogP contribution in [-0.4, -0.2) is 18.3 Å². The highest BCUT2D eigenvalue weighted by Crippen LogP contribution is 2.39. The van der Waals surface area contributed by atoms with Gasteiger partial charge >= 0.3 is 0 Å². The lowest BCUT2D eigenvalue weighted by Gasteiger charge is -2.15. The summed E-state index contributed by atoms with van der Waals surface area (Å²) in [7, 11) is 1.51. The Hall–Kier alpha value is -2.53. The number of benzene rings is 2. The summed E-state index contributed by atoms with van der Waals surface area (Å²) in [6.45, 7) is 1.98. The van der Waals surface area contributed by atoms with Crippen molar-refractivity contribution in [2.24, 2.45) is 0 Å². The van der Waals surface area contributed by atoms with Crippen LogP contribution >= 0.6 is 11.8 Å². The molecule has 0 radical (unpaired) electrons. The standard InChI is InChI=1S/C18H15NO3S/c1-12-6-5-7-13(10-12)11-16-17(20)19(18(21)23-16)14-8-3-4-9-15(14)22-2/h3-11H,1-2H3/b16-11-. The summed E-state index contributed by atoms with van der Waals surface area (Å²) in [6.07, 6.45) is 1.74. The summed E-state index contributed by atoms with van der Waals surface area (Å²) < 4.78 is 5.25. The summed E-state index contributed by atoms with van der Waals surface area (Å²) in [5.41, 5.74) is 2.46. The molecule has 1 heterocycles. The second-order valence-electron chi connectivity index (χ2n) is 5.10. The smallest absolute Gasteiger partial charge is 0.298 e. The van der Waals surface area contributed by atoms with Gasteiger partial charge in [0.05, 0.1) is 17.7 Å². The summed E-state index contributed by atoms with van der Waals surface area (Å²) in [6, 6.07) is 14.8. The summed E-state index contributed by atoms with van der Waals surface area (Å²) in [4.78, 5) is 26.5. The number of methoxy groups -OCH3 is 1. The molecule has 23 heavy (non-hydrogen) atoms. The van der Waals surface area contributed by atoms with Crippen molar-refractivity contribution < 1.29 is 14.3 Å². The topological polar surface area (TPSA) is 46.6 Å². The van der Waals surface area contributed by atoms with E-state index in [1.807, 2.05) is 31.2 Å². The largest absolute Gasteiger partial charge is 0.495 e. The fourth-order valence-corrected chi connectivity index (χ4v) is 3.24. The highest BCUT2D eigenvalue weighted by molar-refractivity contribution is 8.19. The number of nitrogens with zero attached hydrogens (tertiary/aromatic N) is 1. The number of hydrogen-bond donors (Lipinski definition) is 0.